The molecule has 3 nitrogen and oxygen atoms in total. The minimum Gasteiger partial charge on any atom is -0.275 e. The minimum absolute atomic E-state index is 0.147. The van der Waals surface area contributed by atoms with Gasteiger partial charge in [-0.1, -0.05) is 31.9 Å². The molecule has 2 bridgehead atoms. The van der Waals surface area contributed by atoms with Crippen molar-refractivity contribution >= 4 is 11.8 Å². The highest BCUT2D eigenvalue weighted by molar-refractivity contribution is 6.12. The molecule has 0 saturated heterocycles. The lowest BCUT2D eigenvalue weighted by Gasteiger charge is -2.28. The van der Waals surface area contributed by atoms with E-state index in [2.05, 4.69) is 19.1 Å². The lowest BCUT2D eigenvalue weighted by atomic mass is 9.78. The van der Waals surface area contributed by atoms with Gasteiger partial charge in [0.1, 0.15) is 0 Å². The van der Waals surface area contributed by atoms with Crippen molar-refractivity contribution in [2.75, 3.05) is 6.54 Å². The van der Waals surface area contributed by atoms with Crippen LogP contribution in [0.25, 0.3) is 0 Å². The van der Waals surface area contributed by atoms with Crippen molar-refractivity contribution < 1.29 is 9.59 Å². The van der Waals surface area contributed by atoms with E-state index in [1.807, 2.05) is 0 Å². The molecule has 1 aliphatic heterocycles. The monoisotopic (exact) mass is 287 g/mol. The number of unbranched alkanes of at least 4 members (excludes halogenated alkanes) is 1. The predicted molar refractivity (Wildman–Crippen MR) is 82.3 cm³/mol. The van der Waals surface area contributed by atoms with Crippen LogP contribution in [0, 0.1) is 23.7 Å². The maximum atomic E-state index is 11.5. The van der Waals surface area contributed by atoms with Gasteiger partial charge in [-0.3, -0.25) is 14.5 Å². The zero-order valence-electron chi connectivity index (χ0n) is 12.8. The van der Waals surface area contributed by atoms with Crippen molar-refractivity contribution in [1.82, 2.24) is 4.90 Å². The van der Waals surface area contributed by atoms with Gasteiger partial charge in [-0.05, 0) is 49.4 Å². The standard InChI is InChI=1S/C18H25NO2/c1-2-5-15-13-7-8-14(12-13)16(15)6-3-4-11-19-17(20)9-10-18(19)21/h7-10,13-16H,2-6,11-12H2,1H3. The second-order valence-electron chi connectivity index (χ2n) is 6.72. The van der Waals surface area contributed by atoms with Crippen molar-refractivity contribution in [3.8, 4) is 0 Å². The number of amides is 2. The van der Waals surface area contributed by atoms with E-state index in [1.54, 1.807) is 0 Å². The highest BCUT2D eigenvalue weighted by Gasteiger charge is 2.42. The quantitative estimate of drug-likeness (QED) is 0.409. The van der Waals surface area contributed by atoms with Gasteiger partial charge >= 0.3 is 0 Å². The molecule has 3 aliphatic rings. The molecular formula is C18H25NO2. The number of hydrogen-bond donors (Lipinski definition) is 0. The molecule has 114 valence electrons. The summed E-state index contributed by atoms with van der Waals surface area (Å²) in [6, 6.07) is 0. The van der Waals surface area contributed by atoms with E-state index >= 15 is 0 Å². The van der Waals surface area contributed by atoms with Gasteiger partial charge in [0.2, 0.25) is 0 Å². The van der Waals surface area contributed by atoms with Gasteiger partial charge in [-0.15, -0.1) is 0 Å². The van der Waals surface area contributed by atoms with Crippen LogP contribution in [0.4, 0.5) is 0 Å². The maximum absolute atomic E-state index is 11.5. The maximum Gasteiger partial charge on any atom is 0.253 e. The van der Waals surface area contributed by atoms with Gasteiger partial charge in [0.05, 0.1) is 0 Å². The Morgan fingerprint density at radius 1 is 1.00 bits per heavy atom. The van der Waals surface area contributed by atoms with Crippen molar-refractivity contribution in [3.63, 3.8) is 0 Å². The van der Waals surface area contributed by atoms with Gasteiger partial charge in [-0.2, -0.15) is 0 Å². The fourth-order valence-corrected chi connectivity index (χ4v) is 4.52. The van der Waals surface area contributed by atoms with Crippen LogP contribution in [0.1, 0.15) is 45.4 Å². The molecule has 0 aromatic carbocycles. The Hall–Kier alpha value is -1.38. The molecule has 4 unspecified atom stereocenters. The zero-order valence-corrected chi connectivity index (χ0v) is 12.8. The summed E-state index contributed by atoms with van der Waals surface area (Å²) >= 11 is 0. The Labute approximate surface area is 127 Å². The number of carbonyl (C=O) groups is 2. The molecular weight excluding hydrogens is 262 g/mol. The number of allylic oxidation sites excluding steroid dienone is 2. The molecule has 3 heteroatoms. The summed E-state index contributed by atoms with van der Waals surface area (Å²) in [4.78, 5) is 24.3. The molecule has 0 spiro atoms. The van der Waals surface area contributed by atoms with Gasteiger partial charge in [-0.25, -0.2) is 0 Å². The number of rotatable bonds is 7. The first kappa shape index (κ1) is 14.6. The van der Waals surface area contributed by atoms with Crippen molar-refractivity contribution in [3.05, 3.63) is 24.3 Å². The Morgan fingerprint density at radius 3 is 2.24 bits per heavy atom. The summed E-state index contributed by atoms with van der Waals surface area (Å²) in [6.45, 7) is 2.87. The van der Waals surface area contributed by atoms with E-state index in [0.29, 0.717) is 6.54 Å². The van der Waals surface area contributed by atoms with Crippen LogP contribution in [0.15, 0.2) is 24.3 Å². The summed E-state index contributed by atoms with van der Waals surface area (Å²) in [5.74, 6) is 3.04. The average Bonchev–Trinajstić information content (AvgIpc) is 3.14. The topological polar surface area (TPSA) is 37.4 Å². The molecule has 0 aromatic heterocycles. The number of hydrogen-bond acceptors (Lipinski definition) is 2. The molecule has 2 amide bonds. The Morgan fingerprint density at radius 2 is 1.62 bits per heavy atom. The first-order chi connectivity index (χ1) is 10.2. The fourth-order valence-electron chi connectivity index (χ4n) is 4.52. The van der Waals surface area contributed by atoms with Crippen molar-refractivity contribution in [2.24, 2.45) is 23.7 Å². The fraction of sp³-hybridized carbons (Fsp3) is 0.667. The van der Waals surface area contributed by atoms with Crippen LogP contribution in [0.2, 0.25) is 0 Å². The predicted octanol–water partition coefficient (Wildman–Crippen LogP) is 3.32. The molecule has 2 aliphatic carbocycles. The molecule has 21 heavy (non-hydrogen) atoms. The van der Waals surface area contributed by atoms with E-state index in [4.69, 9.17) is 0 Å². The Bertz CT molecular complexity index is 462. The van der Waals surface area contributed by atoms with Crippen LogP contribution in [-0.4, -0.2) is 23.3 Å². The molecule has 0 aromatic rings. The molecule has 1 fully saturated rings. The van der Waals surface area contributed by atoms with Crippen molar-refractivity contribution in [1.29, 1.82) is 0 Å². The number of imide groups is 1. The molecule has 1 saturated carbocycles. The minimum atomic E-state index is -0.147. The Kier molecular flexibility index (Phi) is 4.27. The van der Waals surface area contributed by atoms with Crippen LogP contribution in [0.5, 0.6) is 0 Å². The molecule has 1 heterocycles. The Balaban J connectivity index is 1.44. The SMILES string of the molecule is CCCC1C2C=CC(C2)C1CCCCN1C(=O)C=CC1=O. The van der Waals surface area contributed by atoms with E-state index in [0.717, 1.165) is 36.5 Å². The van der Waals surface area contributed by atoms with Crippen LogP contribution >= 0.6 is 0 Å². The second-order valence-corrected chi connectivity index (χ2v) is 6.72. The smallest absolute Gasteiger partial charge is 0.253 e. The average molecular weight is 287 g/mol. The van der Waals surface area contributed by atoms with E-state index < -0.39 is 0 Å². The summed E-state index contributed by atoms with van der Waals surface area (Å²) in [6.07, 6.45) is 14.9. The van der Waals surface area contributed by atoms with E-state index in [1.165, 1.54) is 42.7 Å². The number of fused-ring (bicyclic) bond motifs is 2. The normalized spacial score (nSPS) is 33.7. The first-order valence-corrected chi connectivity index (χ1v) is 8.42. The van der Waals surface area contributed by atoms with Gasteiger partial charge in [0.15, 0.2) is 0 Å². The summed E-state index contributed by atoms with van der Waals surface area (Å²) in [7, 11) is 0. The third-order valence-corrected chi connectivity index (χ3v) is 5.49. The second kappa shape index (κ2) is 6.17. The van der Waals surface area contributed by atoms with Crippen molar-refractivity contribution in [2.45, 2.75) is 45.4 Å². The van der Waals surface area contributed by atoms with Crippen LogP contribution in [0.3, 0.4) is 0 Å². The highest BCUT2D eigenvalue weighted by Crippen LogP contribution is 2.51. The molecule has 0 N–H and O–H groups in total. The summed E-state index contributed by atoms with van der Waals surface area (Å²) in [5, 5.41) is 0. The largest absolute Gasteiger partial charge is 0.275 e. The van der Waals surface area contributed by atoms with E-state index in [-0.39, 0.29) is 11.8 Å². The summed E-state index contributed by atoms with van der Waals surface area (Å²) in [5.41, 5.74) is 0. The zero-order chi connectivity index (χ0) is 14.8. The number of carbonyl (C=O) groups excluding carboxylic acids is 2. The van der Waals surface area contributed by atoms with Gasteiger partial charge in [0, 0.05) is 18.7 Å². The van der Waals surface area contributed by atoms with Crippen LogP contribution < -0.4 is 0 Å². The summed E-state index contributed by atoms with van der Waals surface area (Å²) < 4.78 is 0. The molecule has 4 atom stereocenters. The van der Waals surface area contributed by atoms with Gasteiger partial charge < -0.3 is 0 Å². The third-order valence-electron chi connectivity index (χ3n) is 5.49. The first-order valence-electron chi connectivity index (χ1n) is 8.42. The molecule has 3 rings (SSSR count). The molecule has 0 radical (unpaired) electrons. The number of nitrogens with zero attached hydrogens (tertiary/aromatic N) is 1. The lowest BCUT2D eigenvalue weighted by Crippen LogP contribution is -2.31. The lowest BCUT2D eigenvalue weighted by molar-refractivity contribution is -0.136. The highest BCUT2D eigenvalue weighted by atomic mass is 16.2. The van der Waals surface area contributed by atoms with E-state index in [9.17, 15) is 9.59 Å². The van der Waals surface area contributed by atoms with Gasteiger partial charge in [0.25, 0.3) is 11.8 Å². The third kappa shape index (κ3) is 2.83. The van der Waals surface area contributed by atoms with Crippen LogP contribution in [-0.2, 0) is 9.59 Å².